The number of oxazole rings is 1. The van der Waals surface area contributed by atoms with E-state index in [1.165, 1.54) is 0 Å². The SMILES string of the molecule is O=C(O)C1CCC(c2nc3ccccc3o2)O1. The van der Waals surface area contributed by atoms with E-state index >= 15 is 0 Å². The normalized spacial score (nSPS) is 24.2. The zero-order valence-corrected chi connectivity index (χ0v) is 9.00. The van der Waals surface area contributed by atoms with Crippen molar-refractivity contribution in [2.75, 3.05) is 0 Å². The molecule has 3 rings (SSSR count). The first kappa shape index (κ1) is 10.3. The largest absolute Gasteiger partial charge is 0.479 e. The van der Waals surface area contributed by atoms with Crippen LogP contribution >= 0.6 is 0 Å². The topological polar surface area (TPSA) is 72.6 Å². The first-order chi connectivity index (χ1) is 8.24. The van der Waals surface area contributed by atoms with Gasteiger partial charge in [0.15, 0.2) is 11.7 Å². The highest BCUT2D eigenvalue weighted by atomic mass is 16.5. The van der Waals surface area contributed by atoms with Gasteiger partial charge in [-0.2, -0.15) is 0 Å². The van der Waals surface area contributed by atoms with Crippen LogP contribution in [0.25, 0.3) is 11.1 Å². The maximum Gasteiger partial charge on any atom is 0.332 e. The summed E-state index contributed by atoms with van der Waals surface area (Å²) in [5.41, 5.74) is 1.47. The zero-order chi connectivity index (χ0) is 11.8. The fourth-order valence-electron chi connectivity index (χ4n) is 2.03. The maximum atomic E-state index is 10.8. The van der Waals surface area contributed by atoms with Crippen LogP contribution in [0.4, 0.5) is 0 Å². The predicted octanol–water partition coefficient (Wildman–Crippen LogP) is 2.13. The van der Waals surface area contributed by atoms with Gasteiger partial charge < -0.3 is 14.3 Å². The Kier molecular flexibility index (Phi) is 2.33. The van der Waals surface area contributed by atoms with Crippen LogP contribution in [-0.2, 0) is 9.53 Å². The van der Waals surface area contributed by atoms with Gasteiger partial charge in [0.25, 0.3) is 0 Å². The molecule has 0 radical (unpaired) electrons. The molecule has 0 spiro atoms. The summed E-state index contributed by atoms with van der Waals surface area (Å²) >= 11 is 0. The minimum atomic E-state index is -0.927. The van der Waals surface area contributed by atoms with Crippen molar-refractivity contribution >= 4 is 17.1 Å². The lowest BCUT2D eigenvalue weighted by molar-refractivity contribution is -0.149. The van der Waals surface area contributed by atoms with Gasteiger partial charge in [0.05, 0.1) is 0 Å². The molecule has 1 aliphatic heterocycles. The Morgan fingerprint density at radius 3 is 2.88 bits per heavy atom. The van der Waals surface area contributed by atoms with Gasteiger partial charge in [-0.25, -0.2) is 9.78 Å². The Morgan fingerprint density at radius 1 is 1.35 bits per heavy atom. The number of hydrogen-bond acceptors (Lipinski definition) is 4. The van der Waals surface area contributed by atoms with Crippen LogP contribution in [0.5, 0.6) is 0 Å². The van der Waals surface area contributed by atoms with Crippen LogP contribution in [0.3, 0.4) is 0 Å². The molecule has 5 heteroatoms. The van der Waals surface area contributed by atoms with Crippen LogP contribution in [0, 0.1) is 0 Å². The van der Waals surface area contributed by atoms with Crippen LogP contribution in [0.2, 0.25) is 0 Å². The van der Waals surface area contributed by atoms with Crippen molar-refractivity contribution in [3.63, 3.8) is 0 Å². The van der Waals surface area contributed by atoms with Gasteiger partial charge in [0.1, 0.15) is 11.6 Å². The molecule has 1 saturated heterocycles. The van der Waals surface area contributed by atoms with Crippen molar-refractivity contribution in [2.45, 2.75) is 25.0 Å². The number of aromatic nitrogens is 1. The lowest BCUT2D eigenvalue weighted by atomic mass is 10.2. The first-order valence-corrected chi connectivity index (χ1v) is 5.48. The average molecular weight is 233 g/mol. The van der Waals surface area contributed by atoms with E-state index in [4.69, 9.17) is 14.3 Å². The molecule has 1 aromatic heterocycles. The Hall–Kier alpha value is -1.88. The van der Waals surface area contributed by atoms with Gasteiger partial charge in [0.2, 0.25) is 5.89 Å². The summed E-state index contributed by atoms with van der Waals surface area (Å²) < 4.78 is 10.9. The third-order valence-corrected chi connectivity index (χ3v) is 2.88. The highest BCUT2D eigenvalue weighted by Crippen LogP contribution is 2.33. The van der Waals surface area contributed by atoms with Crippen molar-refractivity contribution < 1.29 is 19.1 Å². The molecule has 0 amide bonds. The Bertz CT molecular complexity index is 529. The zero-order valence-electron chi connectivity index (χ0n) is 9.00. The van der Waals surface area contributed by atoms with E-state index in [9.17, 15) is 4.79 Å². The fraction of sp³-hybridized carbons (Fsp3) is 0.333. The molecular weight excluding hydrogens is 222 g/mol. The molecule has 1 fully saturated rings. The number of carboxylic acid groups (broad SMARTS) is 1. The van der Waals surface area contributed by atoms with Gasteiger partial charge in [-0.3, -0.25) is 0 Å². The minimum absolute atomic E-state index is 0.344. The molecule has 0 saturated carbocycles. The van der Waals surface area contributed by atoms with E-state index in [-0.39, 0.29) is 6.10 Å². The van der Waals surface area contributed by atoms with E-state index in [0.29, 0.717) is 24.3 Å². The second kappa shape index (κ2) is 3.85. The lowest BCUT2D eigenvalue weighted by Crippen LogP contribution is -2.18. The van der Waals surface area contributed by atoms with Crippen molar-refractivity contribution in [1.29, 1.82) is 0 Å². The Morgan fingerprint density at radius 2 is 2.18 bits per heavy atom. The van der Waals surface area contributed by atoms with E-state index < -0.39 is 12.1 Å². The Balaban J connectivity index is 1.87. The second-order valence-electron chi connectivity index (χ2n) is 4.05. The van der Waals surface area contributed by atoms with Crippen LogP contribution in [0.1, 0.15) is 24.8 Å². The van der Waals surface area contributed by atoms with Crippen molar-refractivity contribution in [2.24, 2.45) is 0 Å². The lowest BCUT2D eigenvalue weighted by Gasteiger charge is -2.06. The number of benzene rings is 1. The summed E-state index contributed by atoms with van der Waals surface area (Å²) in [6.07, 6.45) is 0.0428. The van der Waals surface area contributed by atoms with Crippen molar-refractivity contribution in [1.82, 2.24) is 4.98 Å². The summed E-state index contributed by atoms with van der Waals surface area (Å²) in [6.45, 7) is 0. The van der Waals surface area contributed by atoms with Crippen molar-refractivity contribution in [3.8, 4) is 0 Å². The van der Waals surface area contributed by atoms with Crippen LogP contribution in [0.15, 0.2) is 28.7 Å². The van der Waals surface area contributed by atoms with Crippen molar-refractivity contribution in [3.05, 3.63) is 30.2 Å². The number of aliphatic carboxylic acids is 1. The van der Waals surface area contributed by atoms with E-state index in [0.717, 1.165) is 5.52 Å². The molecule has 88 valence electrons. The Labute approximate surface area is 97.0 Å². The number of fused-ring (bicyclic) bond motifs is 1. The standard InChI is InChI=1S/C12H11NO4/c14-12(15)10-6-5-9(16-10)11-13-7-3-1-2-4-8(7)17-11/h1-4,9-10H,5-6H2,(H,14,15). The molecule has 2 heterocycles. The molecular formula is C12H11NO4. The second-order valence-corrected chi connectivity index (χ2v) is 4.05. The number of ether oxygens (including phenoxy) is 1. The van der Waals surface area contributed by atoms with Gasteiger partial charge in [-0.15, -0.1) is 0 Å². The first-order valence-electron chi connectivity index (χ1n) is 5.48. The molecule has 0 bridgehead atoms. The predicted molar refractivity (Wildman–Crippen MR) is 58.5 cm³/mol. The fourth-order valence-corrected chi connectivity index (χ4v) is 2.03. The highest BCUT2D eigenvalue weighted by molar-refractivity contribution is 5.73. The van der Waals surface area contributed by atoms with E-state index in [1.54, 1.807) is 0 Å². The van der Waals surface area contributed by atoms with Gasteiger partial charge in [-0.1, -0.05) is 12.1 Å². The quantitative estimate of drug-likeness (QED) is 0.860. The molecule has 1 aliphatic rings. The smallest absolute Gasteiger partial charge is 0.332 e. The maximum absolute atomic E-state index is 10.8. The molecule has 2 unspecified atom stereocenters. The third kappa shape index (κ3) is 1.78. The summed E-state index contributed by atoms with van der Waals surface area (Å²) in [4.78, 5) is 15.1. The molecule has 2 atom stereocenters. The van der Waals surface area contributed by atoms with Gasteiger partial charge in [0, 0.05) is 0 Å². The summed E-state index contributed by atoms with van der Waals surface area (Å²) in [5.74, 6) is -0.460. The molecule has 1 N–H and O–H groups in total. The van der Waals surface area contributed by atoms with Crippen LogP contribution in [-0.4, -0.2) is 22.2 Å². The third-order valence-electron chi connectivity index (χ3n) is 2.88. The molecule has 17 heavy (non-hydrogen) atoms. The van der Waals surface area contributed by atoms with Gasteiger partial charge in [-0.05, 0) is 25.0 Å². The minimum Gasteiger partial charge on any atom is -0.479 e. The molecule has 1 aromatic carbocycles. The summed E-state index contributed by atoms with van der Waals surface area (Å²) in [6, 6.07) is 7.43. The average Bonchev–Trinajstić information content (AvgIpc) is 2.95. The number of carboxylic acids is 1. The number of hydrogen-bond donors (Lipinski definition) is 1. The van der Waals surface area contributed by atoms with Crippen LogP contribution < -0.4 is 0 Å². The van der Waals surface area contributed by atoms with E-state index in [1.807, 2.05) is 24.3 Å². The number of rotatable bonds is 2. The monoisotopic (exact) mass is 233 g/mol. The number of para-hydroxylation sites is 2. The number of carbonyl (C=O) groups is 1. The summed E-state index contributed by atoms with van der Waals surface area (Å²) in [5, 5.41) is 8.84. The summed E-state index contributed by atoms with van der Waals surface area (Å²) in [7, 11) is 0. The molecule has 2 aromatic rings. The highest BCUT2D eigenvalue weighted by Gasteiger charge is 2.34. The number of nitrogens with zero attached hydrogens (tertiary/aromatic N) is 1. The van der Waals surface area contributed by atoms with Gasteiger partial charge >= 0.3 is 5.97 Å². The van der Waals surface area contributed by atoms with E-state index in [2.05, 4.69) is 4.98 Å². The molecule has 5 nitrogen and oxygen atoms in total. The molecule has 0 aliphatic carbocycles.